The van der Waals surface area contributed by atoms with E-state index in [1.165, 1.54) is 6.07 Å². The largest absolute Gasteiger partial charge is 0.338 e. The minimum absolute atomic E-state index is 0.161. The summed E-state index contributed by atoms with van der Waals surface area (Å²) in [7, 11) is 0. The van der Waals surface area contributed by atoms with Crippen molar-refractivity contribution in [3.63, 3.8) is 0 Å². The summed E-state index contributed by atoms with van der Waals surface area (Å²) >= 11 is 5.67. The van der Waals surface area contributed by atoms with Gasteiger partial charge in [-0.05, 0) is 35.6 Å². The quantitative estimate of drug-likeness (QED) is 0.798. The third-order valence-electron chi connectivity index (χ3n) is 3.66. The van der Waals surface area contributed by atoms with E-state index in [2.05, 4.69) is 23.1 Å². The molecular formula is C15H14ClFN2O. The lowest BCUT2D eigenvalue weighted by atomic mass is 9.95. The molecule has 0 saturated heterocycles. The molecule has 3 nitrogen and oxygen atoms in total. The molecule has 0 radical (unpaired) electrons. The first-order valence-corrected chi connectivity index (χ1v) is 7.06. The fourth-order valence-electron chi connectivity index (χ4n) is 2.63. The summed E-state index contributed by atoms with van der Waals surface area (Å²) < 4.78 is 18.4. The molecule has 1 heterocycles. The summed E-state index contributed by atoms with van der Waals surface area (Å²) in [5.74, 6) is 1.56. The topological polar surface area (TPSA) is 38.9 Å². The number of rotatable bonds is 3. The normalized spacial score (nSPS) is 22.1. The van der Waals surface area contributed by atoms with Gasteiger partial charge < -0.3 is 4.52 Å². The second-order valence-corrected chi connectivity index (χ2v) is 5.32. The maximum absolute atomic E-state index is 13.3. The Bertz CT molecular complexity index is 653. The smallest absolute Gasteiger partial charge is 0.241 e. The highest BCUT2D eigenvalue weighted by Crippen LogP contribution is 2.41. The molecule has 104 valence electrons. The number of allylic oxidation sites excluding steroid dienone is 2. The van der Waals surface area contributed by atoms with E-state index in [0.717, 1.165) is 17.6 Å². The predicted octanol–water partition coefficient (Wildman–Crippen LogP) is 4.15. The van der Waals surface area contributed by atoms with Crippen molar-refractivity contribution in [3.05, 3.63) is 53.4 Å². The standard InChI is InChI=1S/C15H14ClFN2O/c1-9-5-11(10-3-2-4-12(17)6-10)7-13(9)15-18-14(8-16)20-19-15/h2-6,9,13H,7-8H2,1H3/t9-,13+/m1/s1. The summed E-state index contributed by atoms with van der Waals surface area (Å²) in [5.41, 5.74) is 2.04. The van der Waals surface area contributed by atoms with Crippen LogP contribution in [0.4, 0.5) is 4.39 Å². The minimum Gasteiger partial charge on any atom is -0.338 e. The van der Waals surface area contributed by atoms with E-state index >= 15 is 0 Å². The number of halogens is 2. The van der Waals surface area contributed by atoms with Gasteiger partial charge in [0.1, 0.15) is 11.7 Å². The van der Waals surface area contributed by atoms with Gasteiger partial charge >= 0.3 is 0 Å². The molecule has 0 amide bonds. The molecule has 1 aromatic heterocycles. The molecule has 2 atom stereocenters. The fraction of sp³-hybridized carbons (Fsp3) is 0.333. The number of hydrogen-bond acceptors (Lipinski definition) is 3. The lowest BCUT2D eigenvalue weighted by molar-refractivity contribution is 0.376. The van der Waals surface area contributed by atoms with Gasteiger partial charge in [-0.3, -0.25) is 0 Å². The number of alkyl halides is 1. The molecule has 1 aliphatic carbocycles. The zero-order valence-corrected chi connectivity index (χ0v) is 11.8. The number of aromatic nitrogens is 2. The first-order chi connectivity index (χ1) is 9.67. The summed E-state index contributed by atoms with van der Waals surface area (Å²) in [5, 5.41) is 3.99. The molecule has 0 aliphatic heterocycles. The summed E-state index contributed by atoms with van der Waals surface area (Å²) in [6.07, 6.45) is 2.93. The molecule has 20 heavy (non-hydrogen) atoms. The Hall–Kier alpha value is -1.68. The summed E-state index contributed by atoms with van der Waals surface area (Å²) in [6.45, 7) is 2.10. The SMILES string of the molecule is C[C@@H]1C=C(c2cccc(F)c2)C[C@@H]1c1noc(CCl)n1. The molecule has 0 N–H and O–H groups in total. The van der Waals surface area contributed by atoms with Crippen molar-refractivity contribution in [3.8, 4) is 0 Å². The van der Waals surface area contributed by atoms with Crippen LogP contribution in [0.1, 0.15) is 36.5 Å². The van der Waals surface area contributed by atoms with Crippen LogP contribution in [0.5, 0.6) is 0 Å². The molecule has 0 fully saturated rings. The molecule has 1 aliphatic rings. The van der Waals surface area contributed by atoms with Gasteiger partial charge in [0, 0.05) is 5.92 Å². The number of nitrogens with zero attached hydrogens (tertiary/aromatic N) is 2. The maximum atomic E-state index is 13.3. The van der Waals surface area contributed by atoms with Crippen LogP contribution >= 0.6 is 11.6 Å². The second kappa shape index (κ2) is 5.37. The predicted molar refractivity (Wildman–Crippen MR) is 74.8 cm³/mol. The van der Waals surface area contributed by atoms with Crippen molar-refractivity contribution in [2.24, 2.45) is 5.92 Å². The Kier molecular flexibility index (Phi) is 3.57. The third kappa shape index (κ3) is 2.48. The van der Waals surface area contributed by atoms with Crippen molar-refractivity contribution < 1.29 is 8.91 Å². The van der Waals surface area contributed by atoms with E-state index in [1.54, 1.807) is 12.1 Å². The molecule has 0 spiro atoms. The zero-order chi connectivity index (χ0) is 14.1. The van der Waals surface area contributed by atoms with E-state index in [4.69, 9.17) is 16.1 Å². The number of benzene rings is 1. The summed E-state index contributed by atoms with van der Waals surface area (Å²) in [4.78, 5) is 4.29. The molecule has 1 aromatic carbocycles. The van der Waals surface area contributed by atoms with Crippen LogP contribution in [-0.4, -0.2) is 10.1 Å². The lowest BCUT2D eigenvalue weighted by Gasteiger charge is -2.10. The van der Waals surface area contributed by atoms with E-state index in [1.807, 2.05) is 6.07 Å². The second-order valence-electron chi connectivity index (χ2n) is 5.05. The van der Waals surface area contributed by atoms with Crippen LogP contribution in [0, 0.1) is 11.7 Å². The lowest BCUT2D eigenvalue weighted by Crippen LogP contribution is -2.04. The van der Waals surface area contributed by atoms with Crippen LogP contribution in [0.3, 0.4) is 0 Å². The van der Waals surface area contributed by atoms with E-state index in [9.17, 15) is 4.39 Å². The van der Waals surface area contributed by atoms with Crippen molar-refractivity contribution in [1.29, 1.82) is 0 Å². The van der Waals surface area contributed by atoms with Crippen LogP contribution in [-0.2, 0) is 5.88 Å². The van der Waals surface area contributed by atoms with Gasteiger partial charge in [0.2, 0.25) is 5.89 Å². The number of hydrogen-bond donors (Lipinski definition) is 0. The molecule has 0 bridgehead atoms. The van der Waals surface area contributed by atoms with Gasteiger partial charge in [-0.15, -0.1) is 11.6 Å². The van der Waals surface area contributed by atoms with Crippen LogP contribution < -0.4 is 0 Å². The first-order valence-electron chi connectivity index (χ1n) is 6.52. The molecule has 5 heteroatoms. The van der Waals surface area contributed by atoms with Gasteiger partial charge in [0.25, 0.3) is 0 Å². The molecule has 3 rings (SSSR count). The third-order valence-corrected chi connectivity index (χ3v) is 3.89. The van der Waals surface area contributed by atoms with Crippen molar-refractivity contribution in [2.45, 2.75) is 25.1 Å². The Morgan fingerprint density at radius 2 is 2.30 bits per heavy atom. The van der Waals surface area contributed by atoms with E-state index in [-0.39, 0.29) is 23.5 Å². The highest BCUT2D eigenvalue weighted by molar-refractivity contribution is 6.16. The van der Waals surface area contributed by atoms with E-state index in [0.29, 0.717) is 11.7 Å². The van der Waals surface area contributed by atoms with Crippen LogP contribution in [0.15, 0.2) is 34.9 Å². The van der Waals surface area contributed by atoms with Gasteiger partial charge in [0.15, 0.2) is 5.82 Å². The first kappa shape index (κ1) is 13.3. The average Bonchev–Trinajstić information content (AvgIpc) is 3.04. The zero-order valence-electron chi connectivity index (χ0n) is 11.0. The highest BCUT2D eigenvalue weighted by atomic mass is 35.5. The highest BCUT2D eigenvalue weighted by Gasteiger charge is 2.30. The minimum atomic E-state index is -0.219. The van der Waals surface area contributed by atoms with Gasteiger partial charge in [-0.1, -0.05) is 30.3 Å². The van der Waals surface area contributed by atoms with Crippen molar-refractivity contribution >= 4 is 17.2 Å². The van der Waals surface area contributed by atoms with Crippen LogP contribution in [0.25, 0.3) is 5.57 Å². The fourth-order valence-corrected chi connectivity index (χ4v) is 2.73. The molecule has 0 unspecified atom stereocenters. The molecular weight excluding hydrogens is 279 g/mol. The Balaban J connectivity index is 1.83. The van der Waals surface area contributed by atoms with Gasteiger partial charge in [-0.2, -0.15) is 4.98 Å². The van der Waals surface area contributed by atoms with Gasteiger partial charge in [0.05, 0.1) is 0 Å². The maximum Gasteiger partial charge on any atom is 0.241 e. The average molecular weight is 293 g/mol. The monoisotopic (exact) mass is 292 g/mol. The Morgan fingerprint density at radius 3 is 3.00 bits per heavy atom. The molecule has 2 aromatic rings. The van der Waals surface area contributed by atoms with Gasteiger partial charge in [-0.25, -0.2) is 4.39 Å². The van der Waals surface area contributed by atoms with Crippen molar-refractivity contribution in [2.75, 3.05) is 0 Å². The van der Waals surface area contributed by atoms with E-state index < -0.39 is 0 Å². The summed E-state index contributed by atoms with van der Waals surface area (Å²) in [6, 6.07) is 6.65. The van der Waals surface area contributed by atoms with Crippen LogP contribution in [0.2, 0.25) is 0 Å². The van der Waals surface area contributed by atoms with Crippen molar-refractivity contribution in [1.82, 2.24) is 10.1 Å². The molecule has 0 saturated carbocycles. The Morgan fingerprint density at radius 1 is 1.45 bits per heavy atom. The Labute approximate surface area is 121 Å².